The first-order valence-corrected chi connectivity index (χ1v) is 6.48. The van der Waals surface area contributed by atoms with Crippen LogP contribution in [0.5, 0.6) is 5.75 Å². The van der Waals surface area contributed by atoms with Gasteiger partial charge in [0.25, 0.3) is 0 Å². The molecule has 2 aliphatic rings. The molecule has 4 nitrogen and oxygen atoms in total. The number of anilines is 1. The Bertz CT molecular complexity index is 452. The summed E-state index contributed by atoms with van der Waals surface area (Å²) in [5.41, 5.74) is 2.07. The van der Waals surface area contributed by atoms with Gasteiger partial charge in [0.2, 0.25) is 5.91 Å². The number of hydrogen-bond donors (Lipinski definition) is 1. The maximum Gasteiger partial charge on any atom is 0.224 e. The van der Waals surface area contributed by atoms with Crippen LogP contribution < -0.4 is 10.1 Å². The molecule has 1 amide bonds. The molecule has 1 saturated heterocycles. The first kappa shape index (κ1) is 11.5. The van der Waals surface area contributed by atoms with Crippen molar-refractivity contribution in [3.63, 3.8) is 0 Å². The Kier molecular flexibility index (Phi) is 3.19. The Balaban J connectivity index is 1.73. The van der Waals surface area contributed by atoms with Crippen molar-refractivity contribution >= 4 is 11.6 Å². The molecule has 4 heteroatoms. The smallest absolute Gasteiger partial charge is 0.224 e. The van der Waals surface area contributed by atoms with Crippen molar-refractivity contribution in [3.05, 3.63) is 23.8 Å². The van der Waals surface area contributed by atoms with Gasteiger partial charge in [-0.2, -0.15) is 0 Å². The predicted molar refractivity (Wildman–Crippen MR) is 67.9 cm³/mol. The minimum atomic E-state index is 0.0839. The molecule has 0 saturated carbocycles. The molecule has 1 atom stereocenters. The zero-order valence-electron chi connectivity index (χ0n) is 10.3. The SMILES string of the molecule is O=C1CCc2ccc(OC3CCCOC3)cc2N1. The van der Waals surface area contributed by atoms with Gasteiger partial charge in [0.1, 0.15) is 11.9 Å². The van der Waals surface area contributed by atoms with Crippen LogP contribution in [-0.4, -0.2) is 25.2 Å². The molecular formula is C14H17NO3. The third kappa shape index (κ3) is 2.48. The fraction of sp³-hybridized carbons (Fsp3) is 0.500. The number of fused-ring (bicyclic) bond motifs is 1. The Hall–Kier alpha value is -1.55. The van der Waals surface area contributed by atoms with Gasteiger partial charge >= 0.3 is 0 Å². The summed E-state index contributed by atoms with van der Waals surface area (Å²) in [4.78, 5) is 11.4. The Morgan fingerprint density at radius 2 is 2.28 bits per heavy atom. The summed E-state index contributed by atoms with van der Waals surface area (Å²) in [7, 11) is 0. The molecule has 2 aliphatic heterocycles. The van der Waals surface area contributed by atoms with Crippen molar-refractivity contribution in [3.8, 4) is 5.75 Å². The van der Waals surface area contributed by atoms with E-state index in [1.165, 1.54) is 5.56 Å². The third-order valence-corrected chi connectivity index (χ3v) is 3.40. The number of rotatable bonds is 2. The fourth-order valence-corrected chi connectivity index (χ4v) is 2.42. The van der Waals surface area contributed by atoms with Gasteiger partial charge in [0, 0.05) is 24.8 Å². The minimum Gasteiger partial charge on any atom is -0.488 e. The number of carbonyl (C=O) groups excluding carboxylic acids is 1. The topological polar surface area (TPSA) is 47.6 Å². The number of benzene rings is 1. The molecular weight excluding hydrogens is 230 g/mol. The number of nitrogens with one attached hydrogen (secondary N) is 1. The second-order valence-electron chi connectivity index (χ2n) is 4.82. The minimum absolute atomic E-state index is 0.0839. The van der Waals surface area contributed by atoms with Crippen LogP contribution >= 0.6 is 0 Å². The molecule has 0 bridgehead atoms. The number of aryl methyl sites for hydroxylation is 1. The van der Waals surface area contributed by atoms with Crippen molar-refractivity contribution in [2.45, 2.75) is 31.8 Å². The van der Waals surface area contributed by atoms with E-state index >= 15 is 0 Å². The molecule has 96 valence electrons. The van der Waals surface area contributed by atoms with Gasteiger partial charge in [0.15, 0.2) is 0 Å². The van der Waals surface area contributed by atoms with Gasteiger partial charge in [-0.25, -0.2) is 0 Å². The van der Waals surface area contributed by atoms with Crippen LogP contribution in [-0.2, 0) is 16.0 Å². The fourth-order valence-electron chi connectivity index (χ4n) is 2.42. The van der Waals surface area contributed by atoms with E-state index in [9.17, 15) is 4.79 Å². The van der Waals surface area contributed by atoms with Crippen molar-refractivity contribution in [1.82, 2.24) is 0 Å². The van der Waals surface area contributed by atoms with Crippen molar-refractivity contribution in [1.29, 1.82) is 0 Å². The lowest BCUT2D eigenvalue weighted by Crippen LogP contribution is -2.28. The van der Waals surface area contributed by atoms with Crippen LogP contribution in [0, 0.1) is 0 Å². The van der Waals surface area contributed by atoms with Gasteiger partial charge in [-0.15, -0.1) is 0 Å². The highest BCUT2D eigenvalue weighted by Crippen LogP contribution is 2.28. The van der Waals surface area contributed by atoms with E-state index in [1.54, 1.807) is 0 Å². The lowest BCUT2D eigenvalue weighted by Gasteiger charge is -2.24. The second kappa shape index (κ2) is 4.98. The summed E-state index contributed by atoms with van der Waals surface area (Å²) in [6, 6.07) is 5.93. The summed E-state index contributed by atoms with van der Waals surface area (Å²) >= 11 is 0. The highest BCUT2D eigenvalue weighted by Gasteiger charge is 2.18. The van der Waals surface area contributed by atoms with Gasteiger partial charge in [-0.3, -0.25) is 4.79 Å². The number of hydrogen-bond acceptors (Lipinski definition) is 3. The zero-order chi connectivity index (χ0) is 12.4. The second-order valence-corrected chi connectivity index (χ2v) is 4.82. The van der Waals surface area contributed by atoms with Crippen LogP contribution in [0.15, 0.2) is 18.2 Å². The van der Waals surface area contributed by atoms with Gasteiger partial charge in [-0.1, -0.05) is 6.07 Å². The summed E-state index contributed by atoms with van der Waals surface area (Å²) in [5, 5.41) is 2.89. The van der Waals surface area contributed by atoms with Crippen LogP contribution in [0.2, 0.25) is 0 Å². The summed E-state index contributed by atoms with van der Waals surface area (Å²) in [6.45, 7) is 1.49. The molecule has 18 heavy (non-hydrogen) atoms. The van der Waals surface area contributed by atoms with E-state index < -0.39 is 0 Å². The van der Waals surface area contributed by atoms with Gasteiger partial charge in [-0.05, 0) is 30.9 Å². The lowest BCUT2D eigenvalue weighted by atomic mass is 10.0. The molecule has 1 aromatic rings. The molecule has 1 fully saturated rings. The van der Waals surface area contributed by atoms with Crippen molar-refractivity contribution in [2.75, 3.05) is 18.5 Å². The van der Waals surface area contributed by atoms with E-state index in [1.807, 2.05) is 18.2 Å². The zero-order valence-corrected chi connectivity index (χ0v) is 10.3. The molecule has 0 radical (unpaired) electrons. The average Bonchev–Trinajstić information content (AvgIpc) is 2.39. The van der Waals surface area contributed by atoms with Crippen molar-refractivity contribution < 1.29 is 14.3 Å². The summed E-state index contributed by atoms with van der Waals surface area (Å²) in [5.74, 6) is 0.895. The first-order chi connectivity index (χ1) is 8.81. The van der Waals surface area contributed by atoms with E-state index in [2.05, 4.69) is 5.32 Å². The normalized spacial score (nSPS) is 23.1. The molecule has 0 aliphatic carbocycles. The maximum atomic E-state index is 11.4. The van der Waals surface area contributed by atoms with E-state index in [4.69, 9.17) is 9.47 Å². The first-order valence-electron chi connectivity index (χ1n) is 6.48. The largest absolute Gasteiger partial charge is 0.488 e. The molecule has 1 unspecified atom stereocenters. The van der Waals surface area contributed by atoms with Crippen LogP contribution in [0.3, 0.4) is 0 Å². The lowest BCUT2D eigenvalue weighted by molar-refractivity contribution is -0.116. The molecule has 0 spiro atoms. The number of amides is 1. The van der Waals surface area contributed by atoms with Crippen LogP contribution in [0.25, 0.3) is 0 Å². The van der Waals surface area contributed by atoms with E-state index in [0.29, 0.717) is 13.0 Å². The number of carbonyl (C=O) groups is 1. The van der Waals surface area contributed by atoms with Gasteiger partial charge < -0.3 is 14.8 Å². The standard InChI is InChI=1S/C14H17NO3/c16-14-6-4-10-3-5-11(8-13(10)15-14)18-12-2-1-7-17-9-12/h3,5,8,12H,1-2,4,6-7,9H2,(H,15,16). The van der Waals surface area contributed by atoms with Crippen molar-refractivity contribution in [2.24, 2.45) is 0 Å². The quantitative estimate of drug-likeness (QED) is 0.871. The van der Waals surface area contributed by atoms with E-state index in [0.717, 1.165) is 37.3 Å². The highest BCUT2D eigenvalue weighted by atomic mass is 16.5. The average molecular weight is 247 g/mol. The predicted octanol–water partition coefficient (Wildman–Crippen LogP) is 2.13. The monoisotopic (exact) mass is 247 g/mol. The highest BCUT2D eigenvalue weighted by molar-refractivity contribution is 5.94. The van der Waals surface area contributed by atoms with E-state index in [-0.39, 0.29) is 12.0 Å². The third-order valence-electron chi connectivity index (χ3n) is 3.40. The molecule has 2 heterocycles. The summed E-state index contributed by atoms with van der Waals surface area (Å²) in [6.07, 6.45) is 3.60. The molecule has 1 N–H and O–H groups in total. The molecule has 3 rings (SSSR count). The molecule has 1 aromatic carbocycles. The Morgan fingerprint density at radius 1 is 1.33 bits per heavy atom. The maximum absolute atomic E-state index is 11.4. The Morgan fingerprint density at radius 3 is 3.11 bits per heavy atom. The number of ether oxygens (including phenoxy) is 2. The van der Waals surface area contributed by atoms with Crippen LogP contribution in [0.1, 0.15) is 24.8 Å². The summed E-state index contributed by atoms with van der Waals surface area (Å²) < 4.78 is 11.3. The molecule has 0 aromatic heterocycles. The Labute approximate surface area is 106 Å². The van der Waals surface area contributed by atoms with Crippen LogP contribution in [0.4, 0.5) is 5.69 Å². The van der Waals surface area contributed by atoms with Gasteiger partial charge in [0.05, 0.1) is 6.61 Å².